The van der Waals surface area contributed by atoms with E-state index in [0.717, 1.165) is 69.1 Å². The predicted molar refractivity (Wildman–Crippen MR) is 283 cm³/mol. The Morgan fingerprint density at radius 2 is 1.77 bits per heavy atom. The van der Waals surface area contributed by atoms with Crippen LogP contribution in [0.2, 0.25) is 0 Å². The Labute approximate surface area is 433 Å². The van der Waals surface area contributed by atoms with Crippen molar-refractivity contribution in [2.24, 2.45) is 11.3 Å². The van der Waals surface area contributed by atoms with Crippen molar-refractivity contribution in [3.8, 4) is 23.1 Å². The Bertz CT molecular complexity index is 3020. The van der Waals surface area contributed by atoms with Gasteiger partial charge in [0.05, 0.1) is 27.0 Å². The van der Waals surface area contributed by atoms with Crippen molar-refractivity contribution < 1.29 is 37.5 Å². The van der Waals surface area contributed by atoms with Crippen LogP contribution in [0.25, 0.3) is 11.0 Å². The van der Waals surface area contributed by atoms with Crippen LogP contribution < -0.4 is 29.1 Å². The first-order valence-corrected chi connectivity index (χ1v) is 28.3. The molecule has 5 aromatic rings. The van der Waals surface area contributed by atoms with Gasteiger partial charge in [-0.2, -0.15) is 4.98 Å². The number of likely N-dealkylation sites (tertiary alicyclic amines) is 2. The van der Waals surface area contributed by atoms with Gasteiger partial charge in [0.25, 0.3) is 27.5 Å². The van der Waals surface area contributed by atoms with Crippen molar-refractivity contribution in [1.82, 2.24) is 24.5 Å². The van der Waals surface area contributed by atoms with Crippen LogP contribution >= 0.6 is 0 Å². The highest BCUT2D eigenvalue weighted by Crippen LogP contribution is 2.55. The lowest BCUT2D eigenvalue weighted by Crippen LogP contribution is -2.54. The topological polar surface area (TPSA) is 205 Å². The number of pyridine rings is 1. The van der Waals surface area contributed by atoms with E-state index in [1.165, 1.54) is 42.9 Å². The van der Waals surface area contributed by atoms with Gasteiger partial charge in [0.15, 0.2) is 17.2 Å². The van der Waals surface area contributed by atoms with E-state index < -0.39 is 37.0 Å². The number of nitrogens with one attached hydrogen (secondary N) is 3. The first-order chi connectivity index (χ1) is 35.6. The van der Waals surface area contributed by atoms with Crippen molar-refractivity contribution in [3.63, 3.8) is 0 Å². The summed E-state index contributed by atoms with van der Waals surface area (Å²) in [6, 6.07) is 21.0. The lowest BCUT2D eigenvalue weighted by Gasteiger charge is -2.56. The van der Waals surface area contributed by atoms with E-state index in [-0.39, 0.29) is 64.4 Å². The number of aromatic nitrogens is 2. The first kappa shape index (κ1) is 50.2. The number of aromatic amines is 1. The monoisotopic (exact) mass is 1030 g/mol. The number of likely N-dealkylation sites (N-methyl/N-ethyl adjacent to an activating group) is 1. The Hall–Kier alpha value is -5.95. The normalized spacial score (nSPS) is 25.2. The van der Waals surface area contributed by atoms with Crippen LogP contribution in [-0.2, 0) is 10.0 Å². The zero-order chi connectivity index (χ0) is 51.5. The van der Waals surface area contributed by atoms with Gasteiger partial charge in [0.1, 0.15) is 24.6 Å². The van der Waals surface area contributed by atoms with Gasteiger partial charge in [0.2, 0.25) is 0 Å². The second-order valence-electron chi connectivity index (χ2n) is 22.5. The number of carbonyl (C=O) groups excluding carboxylic acids is 1. The summed E-state index contributed by atoms with van der Waals surface area (Å²) < 4.78 is 49.8. The van der Waals surface area contributed by atoms with Gasteiger partial charge < -0.3 is 34.5 Å². The Balaban J connectivity index is 0.843. The Morgan fingerprint density at radius 3 is 2.50 bits per heavy atom. The average Bonchev–Trinajstić information content (AvgIpc) is 4.05. The molecule has 1 amide bonds. The minimum atomic E-state index is -4.72. The third-order valence-electron chi connectivity index (χ3n) is 17.5. The molecule has 5 fully saturated rings. The van der Waals surface area contributed by atoms with E-state index in [0.29, 0.717) is 55.9 Å². The molecule has 11 rings (SSSR count). The van der Waals surface area contributed by atoms with Gasteiger partial charge in [-0.05, 0) is 143 Å². The highest BCUT2D eigenvalue weighted by Gasteiger charge is 2.50. The maximum absolute atomic E-state index is 14.5. The molecule has 3 atom stereocenters. The van der Waals surface area contributed by atoms with Crippen LogP contribution in [0.4, 0.5) is 17.1 Å². The molecule has 6 heterocycles. The van der Waals surface area contributed by atoms with Gasteiger partial charge in [0, 0.05) is 73.2 Å². The highest BCUT2D eigenvalue weighted by atomic mass is 32.2. The number of rotatable bonds is 15. The molecule has 2 aliphatic carbocycles. The molecule has 17 nitrogen and oxygen atoms in total. The van der Waals surface area contributed by atoms with Crippen molar-refractivity contribution >= 4 is 44.0 Å². The summed E-state index contributed by atoms with van der Waals surface area (Å²) in [4.78, 5) is 41.2. The number of anilines is 2. The molecule has 394 valence electrons. The lowest BCUT2D eigenvalue weighted by molar-refractivity contribution is -0.384. The number of hydrogen-bond donors (Lipinski definition) is 4. The number of sulfonamides is 1. The smallest absolute Gasteiger partial charge is 0.297 e. The number of fused-ring (bicyclic) bond motifs is 2. The average molecular weight is 1030 g/mol. The fraction of sp³-hybridized carbons (Fsp3) is 0.536. The zero-order valence-electron chi connectivity index (χ0n) is 43.0. The van der Waals surface area contributed by atoms with Gasteiger partial charge >= 0.3 is 0 Å². The van der Waals surface area contributed by atoms with E-state index in [1.807, 2.05) is 19.1 Å². The molecule has 3 aromatic carbocycles. The van der Waals surface area contributed by atoms with Crippen LogP contribution in [0, 0.1) is 21.4 Å². The summed E-state index contributed by atoms with van der Waals surface area (Å²) in [6.45, 7) is 13.7. The number of aliphatic hydroxyl groups is 1. The maximum Gasteiger partial charge on any atom is 0.297 e. The summed E-state index contributed by atoms with van der Waals surface area (Å²) in [7, 11) is -4.72. The summed E-state index contributed by atoms with van der Waals surface area (Å²) in [5.74, 6) is 0.174. The molecule has 4 aliphatic heterocycles. The number of nitrogens with zero attached hydrogens (tertiary/aromatic N) is 5. The number of amides is 1. The van der Waals surface area contributed by atoms with Crippen molar-refractivity contribution in [2.45, 2.75) is 139 Å². The quantitative estimate of drug-likeness (QED) is 0.0570. The van der Waals surface area contributed by atoms with Crippen LogP contribution in [0.1, 0.15) is 132 Å². The van der Waals surface area contributed by atoms with Gasteiger partial charge in [-0.3, -0.25) is 24.7 Å². The molecule has 2 saturated carbocycles. The molecule has 18 heteroatoms. The predicted octanol–water partition coefficient (Wildman–Crippen LogP) is 9.68. The number of ether oxygens (including phenoxy) is 3. The molecule has 6 aliphatic rings. The van der Waals surface area contributed by atoms with E-state index >= 15 is 0 Å². The third-order valence-corrected chi connectivity index (χ3v) is 18.8. The zero-order valence-corrected chi connectivity index (χ0v) is 43.8. The summed E-state index contributed by atoms with van der Waals surface area (Å²) >= 11 is 0. The fourth-order valence-corrected chi connectivity index (χ4v) is 13.9. The fourth-order valence-electron chi connectivity index (χ4n) is 12.9. The second-order valence-corrected chi connectivity index (χ2v) is 24.2. The van der Waals surface area contributed by atoms with Crippen molar-refractivity contribution in [1.29, 1.82) is 0 Å². The Morgan fingerprint density at radius 1 is 0.986 bits per heavy atom. The number of hydrogen-bond acceptors (Lipinski definition) is 14. The lowest BCUT2D eigenvalue weighted by atomic mass is 9.59. The van der Waals surface area contributed by atoms with Crippen LogP contribution in [0.5, 0.6) is 23.1 Å². The number of nitro benzene ring substituents is 1. The van der Waals surface area contributed by atoms with E-state index in [2.05, 4.69) is 74.8 Å². The number of benzene rings is 3. The van der Waals surface area contributed by atoms with Crippen LogP contribution in [-0.4, -0.2) is 114 Å². The number of nitro groups is 1. The summed E-state index contributed by atoms with van der Waals surface area (Å²) in [5, 5.41) is 27.1. The molecule has 2 aromatic heterocycles. The third kappa shape index (κ3) is 9.90. The highest BCUT2D eigenvalue weighted by molar-refractivity contribution is 7.90. The summed E-state index contributed by atoms with van der Waals surface area (Å²) in [6.07, 6.45) is 12.2. The second kappa shape index (κ2) is 20.0. The standard InChI is InChI=1S/C56H70N8O9S/c1-5-61-24-17-39(61)33-72-54-50(27-37-16-22-57-52(37)59-54)73-48-28-38(62-25-20-56(21-26-62)31-40(32-56)63-23-8-11-46(63)43-10-7-6-9-42(43)35(2)3)12-13-44(48)53(65)60-74(69,70)41-29-47(64(67)68)51-49(30-41)71-34-45(58-51)36-14-18-55(4,66)19-15-36/h6-7,9-10,12-13,16,22,27-30,35-36,39-40,45-46,58,66H,5,8,11,14-15,17-21,23-26,31-34H2,1-4H3,(H,57,59)(H,60,65)/t36?,39-,45+,46-,55?/m0/s1. The number of piperidine rings is 1. The molecule has 4 N–H and O–H groups in total. The van der Waals surface area contributed by atoms with Gasteiger partial charge in [-0.25, -0.2) is 13.1 Å². The van der Waals surface area contributed by atoms with Crippen LogP contribution in [0.15, 0.2) is 77.8 Å². The van der Waals surface area contributed by atoms with E-state index in [9.17, 15) is 28.4 Å². The van der Waals surface area contributed by atoms with E-state index in [4.69, 9.17) is 19.2 Å². The molecular weight excluding hydrogens is 961 g/mol. The first-order valence-electron chi connectivity index (χ1n) is 26.8. The molecule has 0 radical (unpaired) electrons. The van der Waals surface area contributed by atoms with Crippen molar-refractivity contribution in [2.75, 3.05) is 56.2 Å². The minimum Gasteiger partial charge on any atom is -0.489 e. The molecular formula is C56H70N8O9S. The minimum absolute atomic E-state index is 0.00280. The largest absolute Gasteiger partial charge is 0.489 e. The van der Waals surface area contributed by atoms with E-state index in [1.54, 1.807) is 24.4 Å². The molecule has 74 heavy (non-hydrogen) atoms. The summed E-state index contributed by atoms with van der Waals surface area (Å²) in [5.41, 5.74) is 3.40. The molecule has 0 unspecified atom stereocenters. The Kier molecular flexibility index (Phi) is 13.5. The van der Waals surface area contributed by atoms with Crippen LogP contribution in [0.3, 0.4) is 0 Å². The number of carbonyl (C=O) groups is 1. The SMILES string of the molecule is CCN1CC[C@H]1COc1nc2[nH]ccc2cc1Oc1cc(N2CCC3(CC2)CC(N2CCC[C@H]2c2ccccc2C(C)C)C3)ccc1C(=O)NS(=O)(=O)c1cc2c(c([N+](=O)[O-])c1)N[C@@H](C1CCC(C)(O)CC1)CO2. The molecule has 1 spiro atoms. The molecule has 0 bridgehead atoms. The molecule has 3 saturated heterocycles. The van der Waals surface area contributed by atoms with Crippen molar-refractivity contribution in [3.05, 3.63) is 99.7 Å². The van der Waals surface area contributed by atoms with Gasteiger partial charge in [-0.1, -0.05) is 45.0 Å². The van der Waals surface area contributed by atoms with Gasteiger partial charge in [-0.15, -0.1) is 0 Å². The maximum atomic E-state index is 14.5. The number of H-pyrrole nitrogens is 1.